The lowest BCUT2D eigenvalue weighted by atomic mass is 10.0. The molecular formula is C16H25FN2O. The van der Waals surface area contributed by atoms with Crippen LogP contribution in [0.2, 0.25) is 0 Å². The zero-order valence-corrected chi connectivity index (χ0v) is 13.0. The zero-order valence-electron chi connectivity index (χ0n) is 13.0. The summed E-state index contributed by atoms with van der Waals surface area (Å²) in [6.45, 7) is 9.74. The molecule has 0 aliphatic heterocycles. The van der Waals surface area contributed by atoms with Gasteiger partial charge in [-0.2, -0.15) is 0 Å². The summed E-state index contributed by atoms with van der Waals surface area (Å²) < 4.78 is 12.9. The van der Waals surface area contributed by atoms with Crippen LogP contribution in [0, 0.1) is 5.82 Å². The van der Waals surface area contributed by atoms with Gasteiger partial charge in [0.05, 0.1) is 6.04 Å². The summed E-state index contributed by atoms with van der Waals surface area (Å²) in [6, 6.07) is 6.13. The van der Waals surface area contributed by atoms with Crippen molar-refractivity contribution in [2.45, 2.75) is 58.7 Å². The van der Waals surface area contributed by atoms with Crippen LogP contribution in [0.25, 0.3) is 0 Å². The maximum absolute atomic E-state index is 12.9. The first-order chi connectivity index (χ1) is 9.23. The van der Waals surface area contributed by atoms with E-state index in [0.717, 1.165) is 12.0 Å². The summed E-state index contributed by atoms with van der Waals surface area (Å²) in [6.07, 6.45) is 0.832. The molecule has 0 saturated carbocycles. The third kappa shape index (κ3) is 5.29. The van der Waals surface area contributed by atoms with Crippen LogP contribution < -0.4 is 10.6 Å². The minimum atomic E-state index is -0.302. The molecule has 1 amide bonds. The quantitative estimate of drug-likeness (QED) is 0.870. The number of benzene rings is 1. The van der Waals surface area contributed by atoms with E-state index in [9.17, 15) is 9.18 Å². The monoisotopic (exact) mass is 280 g/mol. The fourth-order valence-corrected chi connectivity index (χ4v) is 2.00. The van der Waals surface area contributed by atoms with E-state index >= 15 is 0 Å². The van der Waals surface area contributed by atoms with Gasteiger partial charge < -0.3 is 5.32 Å². The van der Waals surface area contributed by atoms with E-state index < -0.39 is 0 Å². The van der Waals surface area contributed by atoms with E-state index in [1.54, 1.807) is 12.1 Å². The third-order valence-electron chi connectivity index (χ3n) is 3.02. The lowest BCUT2D eigenvalue weighted by molar-refractivity contribution is -0.124. The van der Waals surface area contributed by atoms with Gasteiger partial charge in [-0.3, -0.25) is 10.1 Å². The highest BCUT2D eigenvalue weighted by atomic mass is 19.1. The maximum atomic E-state index is 12.9. The molecule has 2 atom stereocenters. The first-order valence-electron chi connectivity index (χ1n) is 7.06. The molecule has 1 aromatic rings. The van der Waals surface area contributed by atoms with Gasteiger partial charge in [0.15, 0.2) is 0 Å². The van der Waals surface area contributed by atoms with Crippen LogP contribution in [0.1, 0.15) is 52.6 Å². The molecule has 0 fully saturated rings. The van der Waals surface area contributed by atoms with Crippen molar-refractivity contribution < 1.29 is 9.18 Å². The van der Waals surface area contributed by atoms with Crippen LogP contribution in [0.5, 0.6) is 0 Å². The highest BCUT2D eigenvalue weighted by Crippen LogP contribution is 2.17. The van der Waals surface area contributed by atoms with E-state index in [1.807, 2.05) is 34.6 Å². The molecule has 0 aliphatic rings. The number of carbonyl (C=O) groups excluding carboxylic acids is 1. The van der Waals surface area contributed by atoms with Crippen molar-refractivity contribution in [2.75, 3.05) is 0 Å². The zero-order chi connectivity index (χ0) is 15.3. The average molecular weight is 280 g/mol. The van der Waals surface area contributed by atoms with E-state index in [0.29, 0.717) is 0 Å². The van der Waals surface area contributed by atoms with E-state index in [-0.39, 0.29) is 29.3 Å². The second-order valence-electron chi connectivity index (χ2n) is 6.14. The Kier molecular flexibility index (Phi) is 5.69. The van der Waals surface area contributed by atoms with Crippen molar-refractivity contribution in [1.82, 2.24) is 10.6 Å². The molecule has 2 N–H and O–H groups in total. The highest BCUT2D eigenvalue weighted by Gasteiger charge is 2.21. The fourth-order valence-electron chi connectivity index (χ4n) is 2.00. The fraction of sp³-hybridized carbons (Fsp3) is 0.562. The van der Waals surface area contributed by atoms with Crippen molar-refractivity contribution in [3.63, 3.8) is 0 Å². The van der Waals surface area contributed by atoms with Gasteiger partial charge in [-0.05, 0) is 51.8 Å². The maximum Gasteiger partial charge on any atom is 0.237 e. The lowest BCUT2D eigenvalue weighted by Crippen LogP contribution is -2.50. The van der Waals surface area contributed by atoms with E-state index in [4.69, 9.17) is 0 Å². The van der Waals surface area contributed by atoms with Crippen LogP contribution in [0.3, 0.4) is 0 Å². The average Bonchev–Trinajstić information content (AvgIpc) is 2.34. The summed E-state index contributed by atoms with van der Waals surface area (Å²) in [5.41, 5.74) is 0.745. The molecule has 4 heteroatoms. The largest absolute Gasteiger partial charge is 0.350 e. The summed E-state index contributed by atoms with van der Waals surface area (Å²) in [4.78, 5) is 12.1. The van der Waals surface area contributed by atoms with Gasteiger partial charge in [0.2, 0.25) is 5.91 Å². The Morgan fingerprint density at radius 1 is 1.25 bits per heavy atom. The Hall–Kier alpha value is -1.42. The Bertz CT molecular complexity index is 437. The number of carbonyl (C=O) groups is 1. The number of hydrogen-bond acceptors (Lipinski definition) is 2. The Balaban J connectivity index is 2.68. The summed E-state index contributed by atoms with van der Waals surface area (Å²) in [7, 11) is 0. The lowest BCUT2D eigenvalue weighted by Gasteiger charge is -2.26. The van der Waals surface area contributed by atoms with Crippen molar-refractivity contribution in [1.29, 1.82) is 0 Å². The number of hydrogen-bond donors (Lipinski definition) is 2. The van der Waals surface area contributed by atoms with Gasteiger partial charge in [0.1, 0.15) is 5.82 Å². The van der Waals surface area contributed by atoms with Crippen molar-refractivity contribution >= 4 is 5.91 Å². The molecule has 0 aromatic heterocycles. The Morgan fingerprint density at radius 3 is 2.25 bits per heavy atom. The van der Waals surface area contributed by atoms with Crippen molar-refractivity contribution in [3.05, 3.63) is 35.6 Å². The van der Waals surface area contributed by atoms with Gasteiger partial charge in [0.25, 0.3) is 0 Å². The highest BCUT2D eigenvalue weighted by molar-refractivity contribution is 5.82. The van der Waals surface area contributed by atoms with E-state index in [1.165, 1.54) is 12.1 Å². The topological polar surface area (TPSA) is 41.1 Å². The van der Waals surface area contributed by atoms with Gasteiger partial charge in [-0.1, -0.05) is 19.1 Å². The Morgan fingerprint density at radius 2 is 1.80 bits per heavy atom. The van der Waals surface area contributed by atoms with Gasteiger partial charge in [-0.15, -0.1) is 0 Å². The molecule has 2 unspecified atom stereocenters. The normalized spacial score (nSPS) is 14.7. The predicted molar refractivity (Wildman–Crippen MR) is 79.9 cm³/mol. The molecule has 0 spiro atoms. The molecule has 0 radical (unpaired) electrons. The molecule has 0 aliphatic carbocycles. The van der Waals surface area contributed by atoms with Crippen LogP contribution >= 0.6 is 0 Å². The van der Waals surface area contributed by atoms with Crippen LogP contribution in [0.4, 0.5) is 4.39 Å². The van der Waals surface area contributed by atoms with Crippen LogP contribution in [0.15, 0.2) is 24.3 Å². The molecule has 0 saturated heterocycles. The van der Waals surface area contributed by atoms with Crippen LogP contribution in [-0.2, 0) is 4.79 Å². The SMILES string of the molecule is CCC(NC(C)C(=O)NC(C)(C)C)c1ccc(F)cc1. The van der Waals surface area contributed by atoms with Gasteiger partial charge >= 0.3 is 0 Å². The molecule has 0 bridgehead atoms. The molecular weight excluding hydrogens is 255 g/mol. The summed E-state index contributed by atoms with van der Waals surface area (Å²) in [5, 5.41) is 6.24. The predicted octanol–water partition coefficient (Wildman–Crippen LogP) is 3.17. The summed E-state index contributed by atoms with van der Waals surface area (Å²) >= 11 is 0. The third-order valence-corrected chi connectivity index (χ3v) is 3.02. The smallest absolute Gasteiger partial charge is 0.237 e. The number of rotatable bonds is 5. The standard InChI is InChI=1S/C16H25FN2O/c1-6-14(12-7-9-13(17)10-8-12)18-11(2)15(20)19-16(3,4)5/h7-11,14,18H,6H2,1-5H3,(H,19,20). The van der Waals surface area contributed by atoms with Crippen molar-refractivity contribution in [3.8, 4) is 0 Å². The summed E-state index contributed by atoms with van der Waals surface area (Å²) in [5.74, 6) is -0.278. The van der Waals surface area contributed by atoms with Gasteiger partial charge in [-0.25, -0.2) is 4.39 Å². The molecule has 20 heavy (non-hydrogen) atoms. The van der Waals surface area contributed by atoms with Crippen molar-refractivity contribution in [2.24, 2.45) is 0 Å². The second-order valence-corrected chi connectivity index (χ2v) is 6.14. The van der Waals surface area contributed by atoms with E-state index in [2.05, 4.69) is 10.6 Å². The molecule has 112 valence electrons. The van der Waals surface area contributed by atoms with Crippen LogP contribution in [-0.4, -0.2) is 17.5 Å². The minimum Gasteiger partial charge on any atom is -0.350 e. The van der Waals surface area contributed by atoms with Gasteiger partial charge in [0, 0.05) is 11.6 Å². The molecule has 1 aromatic carbocycles. The first kappa shape index (κ1) is 16.6. The Labute approximate surface area is 121 Å². The molecule has 1 rings (SSSR count). The second kappa shape index (κ2) is 6.84. The number of amides is 1. The molecule has 0 heterocycles. The molecule has 3 nitrogen and oxygen atoms in total. The first-order valence-corrected chi connectivity index (χ1v) is 7.06. The minimum absolute atomic E-state index is 0.0296. The number of halogens is 1. The number of nitrogens with one attached hydrogen (secondary N) is 2.